The molecule has 0 spiro atoms. The maximum Gasteiger partial charge on any atom is 0.119 e. The van der Waals surface area contributed by atoms with Crippen molar-refractivity contribution in [2.75, 3.05) is 13.7 Å². The van der Waals surface area contributed by atoms with E-state index in [1.165, 1.54) is 12.0 Å². The van der Waals surface area contributed by atoms with Gasteiger partial charge in [0.1, 0.15) is 5.75 Å². The van der Waals surface area contributed by atoms with Gasteiger partial charge in [-0.05, 0) is 44.5 Å². The number of nitrogens with one attached hydrogen (secondary N) is 1. The molecule has 0 saturated heterocycles. The van der Waals surface area contributed by atoms with Crippen LogP contribution in [0.2, 0.25) is 0 Å². The molecule has 16 heavy (non-hydrogen) atoms. The summed E-state index contributed by atoms with van der Waals surface area (Å²) in [5, 5.41) is 3.24. The number of hydrogen-bond acceptors (Lipinski definition) is 2. The zero-order chi connectivity index (χ0) is 11.8. The Labute approximate surface area is 99.0 Å². The summed E-state index contributed by atoms with van der Waals surface area (Å²) in [5.74, 6) is 0.981. The van der Waals surface area contributed by atoms with E-state index in [9.17, 15) is 0 Å². The molecular formula is C14H23NO. The van der Waals surface area contributed by atoms with E-state index in [1.54, 1.807) is 0 Å². The van der Waals surface area contributed by atoms with E-state index in [0.717, 1.165) is 25.2 Å². The zero-order valence-corrected chi connectivity index (χ0v) is 10.6. The third-order valence-electron chi connectivity index (χ3n) is 2.72. The molecule has 2 heteroatoms. The third kappa shape index (κ3) is 4.67. The highest BCUT2D eigenvalue weighted by molar-refractivity contribution is 5.27. The molecule has 0 saturated carbocycles. The normalized spacial score (nSPS) is 12.4. The van der Waals surface area contributed by atoms with Crippen LogP contribution in [0.1, 0.15) is 32.3 Å². The maximum absolute atomic E-state index is 5.62. The summed E-state index contributed by atoms with van der Waals surface area (Å²) in [7, 11) is 1.99. The van der Waals surface area contributed by atoms with Gasteiger partial charge in [-0.3, -0.25) is 0 Å². The first-order chi connectivity index (χ1) is 7.76. The molecule has 1 unspecified atom stereocenters. The van der Waals surface area contributed by atoms with Crippen molar-refractivity contribution in [1.82, 2.24) is 5.32 Å². The molecule has 0 aliphatic carbocycles. The van der Waals surface area contributed by atoms with Crippen LogP contribution in [0.3, 0.4) is 0 Å². The minimum Gasteiger partial charge on any atom is -0.494 e. The van der Waals surface area contributed by atoms with Crippen LogP contribution in [0.4, 0.5) is 0 Å². The summed E-state index contributed by atoms with van der Waals surface area (Å²) < 4.78 is 5.62. The molecule has 0 amide bonds. The number of ether oxygens (including phenoxy) is 1. The fraction of sp³-hybridized carbons (Fsp3) is 0.571. The van der Waals surface area contributed by atoms with Crippen LogP contribution < -0.4 is 10.1 Å². The molecule has 0 fully saturated rings. The van der Waals surface area contributed by atoms with Crippen molar-refractivity contribution >= 4 is 0 Å². The summed E-state index contributed by atoms with van der Waals surface area (Å²) in [6.45, 7) is 5.18. The Morgan fingerprint density at radius 3 is 2.50 bits per heavy atom. The molecular weight excluding hydrogens is 198 g/mol. The lowest BCUT2D eigenvalue weighted by Crippen LogP contribution is -2.23. The van der Waals surface area contributed by atoms with Crippen molar-refractivity contribution in [3.63, 3.8) is 0 Å². The van der Waals surface area contributed by atoms with E-state index in [-0.39, 0.29) is 0 Å². The molecule has 0 aliphatic rings. The van der Waals surface area contributed by atoms with Gasteiger partial charge in [-0.1, -0.05) is 25.5 Å². The first-order valence-electron chi connectivity index (χ1n) is 6.15. The Bertz CT molecular complexity index is 281. The number of benzene rings is 1. The largest absolute Gasteiger partial charge is 0.494 e. The van der Waals surface area contributed by atoms with Crippen molar-refractivity contribution in [3.8, 4) is 5.75 Å². The van der Waals surface area contributed by atoms with Gasteiger partial charge in [0.05, 0.1) is 6.61 Å². The number of hydrogen-bond donors (Lipinski definition) is 1. The number of unbranched alkanes of at least 4 members (excludes halogenated alkanes) is 1. The predicted molar refractivity (Wildman–Crippen MR) is 69.1 cm³/mol. The van der Waals surface area contributed by atoms with E-state index in [1.807, 2.05) is 7.05 Å². The Kier molecular flexibility index (Phi) is 5.94. The van der Waals surface area contributed by atoms with E-state index in [0.29, 0.717) is 6.04 Å². The molecule has 0 radical (unpaired) electrons. The van der Waals surface area contributed by atoms with E-state index in [2.05, 4.69) is 43.4 Å². The molecule has 90 valence electrons. The molecule has 0 heterocycles. The Hall–Kier alpha value is -1.02. The molecule has 1 atom stereocenters. The van der Waals surface area contributed by atoms with Crippen molar-refractivity contribution in [2.45, 2.75) is 39.2 Å². The van der Waals surface area contributed by atoms with E-state index in [4.69, 9.17) is 4.74 Å². The van der Waals surface area contributed by atoms with Gasteiger partial charge in [0.2, 0.25) is 0 Å². The lowest BCUT2D eigenvalue weighted by Gasteiger charge is -2.10. The van der Waals surface area contributed by atoms with Gasteiger partial charge in [-0.2, -0.15) is 0 Å². The molecule has 1 N–H and O–H groups in total. The number of rotatable bonds is 7. The van der Waals surface area contributed by atoms with Crippen molar-refractivity contribution in [1.29, 1.82) is 0 Å². The van der Waals surface area contributed by atoms with Gasteiger partial charge in [0, 0.05) is 6.04 Å². The summed E-state index contributed by atoms with van der Waals surface area (Å²) in [5.41, 5.74) is 1.35. The Balaban J connectivity index is 2.41. The second kappa shape index (κ2) is 7.29. The van der Waals surface area contributed by atoms with E-state index < -0.39 is 0 Å². The number of likely N-dealkylation sites (N-methyl/N-ethyl adjacent to an activating group) is 1. The average molecular weight is 221 g/mol. The molecule has 0 aromatic heterocycles. The third-order valence-corrected chi connectivity index (χ3v) is 2.72. The fourth-order valence-corrected chi connectivity index (χ4v) is 1.51. The maximum atomic E-state index is 5.62. The average Bonchev–Trinajstić information content (AvgIpc) is 2.31. The summed E-state index contributed by atoms with van der Waals surface area (Å²) in [6.07, 6.45) is 3.36. The van der Waals surface area contributed by atoms with Gasteiger partial charge in [0.15, 0.2) is 0 Å². The zero-order valence-electron chi connectivity index (χ0n) is 10.6. The minimum absolute atomic E-state index is 0.520. The molecule has 0 aliphatic heterocycles. The lowest BCUT2D eigenvalue weighted by atomic mass is 10.1. The van der Waals surface area contributed by atoms with Crippen LogP contribution in [0.25, 0.3) is 0 Å². The molecule has 1 aromatic carbocycles. The summed E-state index contributed by atoms with van der Waals surface area (Å²) in [4.78, 5) is 0. The standard InChI is InChI=1S/C14H23NO/c1-4-5-10-16-14-8-6-13(7-9-14)11-12(2)15-3/h6-9,12,15H,4-5,10-11H2,1-3H3. The smallest absolute Gasteiger partial charge is 0.119 e. The molecule has 1 aromatic rings. The van der Waals surface area contributed by atoms with Gasteiger partial charge in [-0.25, -0.2) is 0 Å². The van der Waals surface area contributed by atoms with Crippen LogP contribution in [0.5, 0.6) is 5.75 Å². The Morgan fingerprint density at radius 2 is 1.94 bits per heavy atom. The van der Waals surface area contributed by atoms with Gasteiger partial charge in [-0.15, -0.1) is 0 Å². The predicted octanol–water partition coefficient (Wildman–Crippen LogP) is 3.02. The summed E-state index contributed by atoms with van der Waals surface area (Å²) in [6, 6.07) is 8.94. The second-order valence-corrected chi connectivity index (χ2v) is 4.24. The van der Waals surface area contributed by atoms with Crippen LogP contribution >= 0.6 is 0 Å². The van der Waals surface area contributed by atoms with Crippen LogP contribution in [-0.2, 0) is 6.42 Å². The van der Waals surface area contributed by atoms with Gasteiger partial charge in [0.25, 0.3) is 0 Å². The van der Waals surface area contributed by atoms with Gasteiger partial charge >= 0.3 is 0 Å². The van der Waals surface area contributed by atoms with Crippen molar-refractivity contribution < 1.29 is 4.74 Å². The van der Waals surface area contributed by atoms with Crippen molar-refractivity contribution in [2.24, 2.45) is 0 Å². The summed E-state index contributed by atoms with van der Waals surface area (Å²) >= 11 is 0. The monoisotopic (exact) mass is 221 g/mol. The quantitative estimate of drug-likeness (QED) is 0.715. The van der Waals surface area contributed by atoms with E-state index >= 15 is 0 Å². The highest BCUT2D eigenvalue weighted by Crippen LogP contribution is 2.13. The van der Waals surface area contributed by atoms with Crippen LogP contribution in [0, 0.1) is 0 Å². The van der Waals surface area contributed by atoms with Gasteiger partial charge < -0.3 is 10.1 Å². The minimum atomic E-state index is 0.520. The lowest BCUT2D eigenvalue weighted by molar-refractivity contribution is 0.309. The first-order valence-corrected chi connectivity index (χ1v) is 6.15. The molecule has 1 rings (SSSR count). The highest BCUT2D eigenvalue weighted by Gasteiger charge is 2.00. The Morgan fingerprint density at radius 1 is 1.25 bits per heavy atom. The van der Waals surface area contributed by atoms with Crippen LogP contribution in [-0.4, -0.2) is 19.7 Å². The molecule has 0 bridgehead atoms. The topological polar surface area (TPSA) is 21.3 Å². The SMILES string of the molecule is CCCCOc1ccc(CC(C)NC)cc1. The molecule has 2 nitrogen and oxygen atoms in total. The fourth-order valence-electron chi connectivity index (χ4n) is 1.51. The first kappa shape index (κ1) is 13.0. The van der Waals surface area contributed by atoms with Crippen molar-refractivity contribution in [3.05, 3.63) is 29.8 Å². The second-order valence-electron chi connectivity index (χ2n) is 4.24. The van der Waals surface area contributed by atoms with Crippen LogP contribution in [0.15, 0.2) is 24.3 Å². The highest BCUT2D eigenvalue weighted by atomic mass is 16.5.